The second-order valence-corrected chi connectivity index (χ2v) is 6.05. The maximum Gasteiger partial charge on any atom is 0.253 e. The Labute approximate surface area is 148 Å². The maximum atomic E-state index is 12.2. The number of hydrogen-bond donors (Lipinski definition) is 1. The summed E-state index contributed by atoms with van der Waals surface area (Å²) in [6.45, 7) is 2.85. The van der Waals surface area contributed by atoms with Crippen LogP contribution in [0.5, 0.6) is 11.5 Å². The fourth-order valence-corrected chi connectivity index (χ4v) is 2.81. The van der Waals surface area contributed by atoms with Crippen LogP contribution in [0.1, 0.15) is 22.8 Å². The van der Waals surface area contributed by atoms with Crippen molar-refractivity contribution in [2.24, 2.45) is 0 Å². The molecule has 0 bridgehead atoms. The van der Waals surface area contributed by atoms with Crippen molar-refractivity contribution in [2.75, 3.05) is 13.7 Å². The van der Waals surface area contributed by atoms with Crippen molar-refractivity contribution in [1.82, 2.24) is 5.32 Å². The second-order valence-electron chi connectivity index (χ2n) is 4.73. The molecule has 0 spiro atoms. The van der Waals surface area contributed by atoms with Crippen LogP contribution in [0.3, 0.4) is 0 Å². The van der Waals surface area contributed by atoms with Crippen LogP contribution in [0.15, 0.2) is 40.9 Å². The minimum atomic E-state index is -0.227. The van der Waals surface area contributed by atoms with Crippen molar-refractivity contribution in [2.45, 2.75) is 13.5 Å². The molecule has 1 N–H and O–H groups in total. The number of rotatable bonds is 6. The molecule has 4 nitrogen and oxygen atoms in total. The number of halogens is 2. The van der Waals surface area contributed by atoms with Gasteiger partial charge in [0.1, 0.15) is 0 Å². The van der Waals surface area contributed by atoms with Gasteiger partial charge in [-0.25, -0.2) is 0 Å². The Hall–Kier alpha value is -1.72. The van der Waals surface area contributed by atoms with Gasteiger partial charge in [0.25, 0.3) is 5.91 Å². The quantitative estimate of drug-likeness (QED) is 0.782. The third-order valence-electron chi connectivity index (χ3n) is 3.16. The highest BCUT2D eigenvalue weighted by atomic mass is 79.9. The van der Waals surface area contributed by atoms with E-state index in [1.165, 1.54) is 0 Å². The van der Waals surface area contributed by atoms with Gasteiger partial charge in [-0.15, -0.1) is 0 Å². The Balaban J connectivity index is 2.06. The van der Waals surface area contributed by atoms with Crippen LogP contribution in [-0.4, -0.2) is 19.6 Å². The van der Waals surface area contributed by atoms with Crippen LogP contribution in [-0.2, 0) is 6.54 Å². The molecule has 0 fully saturated rings. The summed E-state index contributed by atoms with van der Waals surface area (Å²) in [4.78, 5) is 12.2. The first-order valence-corrected chi connectivity index (χ1v) is 8.25. The SMILES string of the molecule is CCOc1ccc(CNC(=O)c2ccc(Br)cc2Cl)cc1OC. The highest BCUT2D eigenvalue weighted by molar-refractivity contribution is 9.10. The first-order chi connectivity index (χ1) is 11.0. The van der Waals surface area contributed by atoms with Crippen LogP contribution < -0.4 is 14.8 Å². The molecule has 0 aliphatic rings. The van der Waals surface area contributed by atoms with Gasteiger partial charge in [-0.2, -0.15) is 0 Å². The molecular weight excluding hydrogens is 382 g/mol. The van der Waals surface area contributed by atoms with Crippen LogP contribution in [0.25, 0.3) is 0 Å². The van der Waals surface area contributed by atoms with E-state index in [9.17, 15) is 4.79 Å². The second kappa shape index (κ2) is 8.22. The third kappa shape index (κ3) is 4.62. The topological polar surface area (TPSA) is 47.6 Å². The van der Waals surface area contributed by atoms with E-state index < -0.39 is 0 Å². The molecule has 2 rings (SSSR count). The molecule has 0 aliphatic carbocycles. The molecule has 122 valence electrons. The molecule has 2 aromatic rings. The number of hydrogen-bond acceptors (Lipinski definition) is 3. The van der Waals surface area contributed by atoms with E-state index in [0.29, 0.717) is 35.2 Å². The summed E-state index contributed by atoms with van der Waals surface area (Å²) in [5, 5.41) is 3.25. The van der Waals surface area contributed by atoms with Gasteiger partial charge in [0.2, 0.25) is 0 Å². The molecule has 2 aromatic carbocycles. The summed E-state index contributed by atoms with van der Waals surface area (Å²) >= 11 is 9.40. The van der Waals surface area contributed by atoms with E-state index in [-0.39, 0.29) is 5.91 Å². The molecule has 0 saturated carbocycles. The predicted octanol–water partition coefficient (Wildman–Crippen LogP) is 4.44. The largest absolute Gasteiger partial charge is 0.493 e. The molecule has 0 aliphatic heterocycles. The molecule has 1 amide bonds. The molecule has 0 radical (unpaired) electrons. The Morgan fingerprint density at radius 1 is 1.22 bits per heavy atom. The lowest BCUT2D eigenvalue weighted by atomic mass is 10.1. The highest BCUT2D eigenvalue weighted by Gasteiger charge is 2.11. The standard InChI is InChI=1S/C17H17BrClNO3/c1-3-23-15-7-4-11(8-16(15)22-2)10-20-17(21)13-6-5-12(18)9-14(13)19/h4-9H,3,10H2,1-2H3,(H,20,21). The summed E-state index contributed by atoms with van der Waals surface area (Å²) in [5.74, 6) is 1.09. The molecule has 0 heterocycles. The number of nitrogens with one attached hydrogen (secondary N) is 1. The fourth-order valence-electron chi connectivity index (χ4n) is 2.05. The summed E-state index contributed by atoms with van der Waals surface area (Å²) in [6, 6.07) is 10.7. The minimum absolute atomic E-state index is 0.227. The molecule has 0 saturated heterocycles. The highest BCUT2D eigenvalue weighted by Crippen LogP contribution is 2.28. The Kier molecular flexibility index (Phi) is 6.30. The van der Waals surface area contributed by atoms with E-state index in [1.807, 2.05) is 25.1 Å². The van der Waals surface area contributed by atoms with Crippen molar-refractivity contribution in [3.8, 4) is 11.5 Å². The first kappa shape index (κ1) is 17.6. The number of ether oxygens (including phenoxy) is 2. The summed E-state index contributed by atoms with van der Waals surface area (Å²) in [5.41, 5.74) is 1.35. The van der Waals surface area contributed by atoms with Crippen LogP contribution in [0.2, 0.25) is 5.02 Å². The van der Waals surface area contributed by atoms with Crippen molar-refractivity contribution < 1.29 is 14.3 Å². The van der Waals surface area contributed by atoms with Gasteiger partial charge in [0.05, 0.1) is 24.3 Å². The molecular formula is C17H17BrClNO3. The normalized spacial score (nSPS) is 10.3. The van der Waals surface area contributed by atoms with E-state index in [2.05, 4.69) is 21.2 Å². The molecule has 0 aromatic heterocycles. The smallest absolute Gasteiger partial charge is 0.253 e. The van der Waals surface area contributed by atoms with Gasteiger partial charge >= 0.3 is 0 Å². The average Bonchev–Trinajstić information content (AvgIpc) is 2.53. The van der Waals surface area contributed by atoms with Gasteiger partial charge in [-0.3, -0.25) is 4.79 Å². The number of methoxy groups -OCH3 is 1. The van der Waals surface area contributed by atoms with Crippen LogP contribution in [0, 0.1) is 0 Å². The maximum absolute atomic E-state index is 12.2. The van der Waals surface area contributed by atoms with Gasteiger partial charge in [-0.05, 0) is 42.8 Å². The van der Waals surface area contributed by atoms with Crippen LogP contribution in [0.4, 0.5) is 0 Å². The van der Waals surface area contributed by atoms with Gasteiger partial charge in [-0.1, -0.05) is 33.6 Å². The lowest BCUT2D eigenvalue weighted by Gasteiger charge is -2.12. The molecule has 0 unspecified atom stereocenters. The number of carbonyl (C=O) groups excluding carboxylic acids is 1. The van der Waals surface area contributed by atoms with E-state index in [0.717, 1.165) is 10.0 Å². The van der Waals surface area contributed by atoms with Crippen LogP contribution >= 0.6 is 27.5 Å². The summed E-state index contributed by atoms with van der Waals surface area (Å²) in [6.07, 6.45) is 0. The molecule has 0 atom stereocenters. The van der Waals surface area contributed by atoms with Gasteiger partial charge < -0.3 is 14.8 Å². The predicted molar refractivity (Wildman–Crippen MR) is 94.5 cm³/mol. The van der Waals surface area contributed by atoms with Crippen molar-refractivity contribution in [3.05, 3.63) is 57.0 Å². The fraction of sp³-hybridized carbons (Fsp3) is 0.235. The lowest BCUT2D eigenvalue weighted by molar-refractivity contribution is 0.0951. The number of amides is 1. The zero-order valence-corrected chi connectivity index (χ0v) is 15.2. The van der Waals surface area contributed by atoms with E-state index in [1.54, 1.807) is 25.3 Å². The first-order valence-electron chi connectivity index (χ1n) is 7.08. The van der Waals surface area contributed by atoms with Gasteiger partial charge in [0.15, 0.2) is 11.5 Å². The Morgan fingerprint density at radius 2 is 2.00 bits per heavy atom. The van der Waals surface area contributed by atoms with Crippen molar-refractivity contribution in [3.63, 3.8) is 0 Å². The van der Waals surface area contributed by atoms with E-state index >= 15 is 0 Å². The summed E-state index contributed by atoms with van der Waals surface area (Å²) in [7, 11) is 1.59. The Morgan fingerprint density at radius 3 is 2.65 bits per heavy atom. The average molecular weight is 399 g/mol. The zero-order valence-electron chi connectivity index (χ0n) is 12.9. The number of carbonyl (C=O) groups is 1. The van der Waals surface area contributed by atoms with Gasteiger partial charge in [0, 0.05) is 11.0 Å². The lowest BCUT2D eigenvalue weighted by Crippen LogP contribution is -2.23. The molecule has 23 heavy (non-hydrogen) atoms. The number of benzene rings is 2. The third-order valence-corrected chi connectivity index (χ3v) is 3.96. The van der Waals surface area contributed by atoms with E-state index in [4.69, 9.17) is 21.1 Å². The zero-order chi connectivity index (χ0) is 16.8. The minimum Gasteiger partial charge on any atom is -0.493 e. The monoisotopic (exact) mass is 397 g/mol. The Bertz CT molecular complexity index is 706. The summed E-state index contributed by atoms with van der Waals surface area (Å²) < 4.78 is 11.6. The van der Waals surface area contributed by atoms with Crippen molar-refractivity contribution >= 4 is 33.4 Å². The van der Waals surface area contributed by atoms with Crippen molar-refractivity contribution in [1.29, 1.82) is 0 Å². The molecule has 6 heteroatoms.